The van der Waals surface area contributed by atoms with Crippen molar-refractivity contribution in [2.24, 2.45) is 0 Å². The summed E-state index contributed by atoms with van der Waals surface area (Å²) in [5, 5.41) is 8.95. The number of nitrogens with one attached hydrogen (secondary N) is 1. The highest BCUT2D eigenvalue weighted by Crippen LogP contribution is 2.43. The van der Waals surface area contributed by atoms with Crippen molar-refractivity contribution in [3.8, 4) is 5.75 Å². The van der Waals surface area contributed by atoms with Gasteiger partial charge in [0.1, 0.15) is 12.4 Å². The summed E-state index contributed by atoms with van der Waals surface area (Å²) in [6.07, 6.45) is -10.1. The number of rotatable bonds is 9. The molecule has 0 saturated carbocycles. The van der Waals surface area contributed by atoms with Crippen molar-refractivity contribution in [3.05, 3.63) is 65.2 Å². The molecule has 0 spiro atoms. The van der Waals surface area contributed by atoms with Gasteiger partial charge in [0.15, 0.2) is 0 Å². The first-order valence-electron chi connectivity index (χ1n) is 12.3. The van der Waals surface area contributed by atoms with Crippen molar-refractivity contribution in [2.45, 2.75) is 75.8 Å². The molecule has 0 aliphatic heterocycles. The lowest BCUT2D eigenvalue weighted by atomic mass is 9.98. The minimum absolute atomic E-state index is 0.148. The van der Waals surface area contributed by atoms with E-state index in [1.54, 1.807) is 24.3 Å². The molecule has 1 amide bonds. The van der Waals surface area contributed by atoms with E-state index in [1.165, 1.54) is 24.3 Å². The third-order valence-electron chi connectivity index (χ3n) is 6.33. The Morgan fingerprint density at radius 2 is 1.17 bits per heavy atom. The van der Waals surface area contributed by atoms with Gasteiger partial charge in [-0.3, -0.25) is 4.79 Å². The highest BCUT2D eigenvalue weighted by Gasteiger charge is 2.71. The molecule has 2 rings (SSSR count). The van der Waals surface area contributed by atoms with Crippen molar-refractivity contribution < 1.29 is 62.6 Å². The van der Waals surface area contributed by atoms with E-state index in [4.69, 9.17) is 5.11 Å². The van der Waals surface area contributed by atoms with Gasteiger partial charge in [0.25, 0.3) is 11.5 Å². The van der Waals surface area contributed by atoms with Gasteiger partial charge >= 0.3 is 27.9 Å². The smallest absolute Gasteiger partial charge is 0.490 e. The molecule has 0 aliphatic rings. The molecule has 2 unspecified atom stereocenters. The predicted molar refractivity (Wildman–Crippen MR) is 135 cm³/mol. The molecule has 16 heteroatoms. The van der Waals surface area contributed by atoms with Crippen molar-refractivity contribution in [1.29, 1.82) is 0 Å². The van der Waals surface area contributed by atoms with E-state index in [0.717, 1.165) is 28.7 Å². The lowest BCUT2D eigenvalue weighted by Crippen LogP contribution is -2.60. The first-order chi connectivity index (χ1) is 19.0. The minimum atomic E-state index is -5.89. The third-order valence-corrected chi connectivity index (χ3v) is 7.40. The second-order valence-corrected chi connectivity index (χ2v) is 11.0. The Morgan fingerprint density at radius 1 is 0.786 bits per heavy atom. The molecule has 238 valence electrons. The monoisotopic (exact) mass is 639 g/mol. The molecule has 0 radical (unpaired) electrons. The summed E-state index contributed by atoms with van der Waals surface area (Å²) in [5.41, 5.74) is -8.77. The van der Waals surface area contributed by atoms with Gasteiger partial charge in [-0.15, -0.1) is 0 Å². The highest BCUT2D eigenvalue weighted by molar-refractivity contribution is 7.90. The summed E-state index contributed by atoms with van der Waals surface area (Å²) in [6.45, 7) is 5.86. The lowest BCUT2D eigenvalue weighted by molar-refractivity contribution is -0.373. The van der Waals surface area contributed by atoms with E-state index in [1.807, 2.05) is 27.7 Å². The Balaban J connectivity index is 0.000000422. The number of carbonyl (C=O) groups is 1. The molecule has 0 aliphatic carbocycles. The lowest BCUT2D eigenvalue weighted by Gasteiger charge is -2.31. The number of hydrogen-bond donors (Lipinski definition) is 2. The molecule has 0 bridgehead atoms. The van der Waals surface area contributed by atoms with Gasteiger partial charge in [-0.05, 0) is 60.1 Å². The molecule has 0 fully saturated rings. The first-order valence-corrected chi connectivity index (χ1v) is 13.8. The van der Waals surface area contributed by atoms with Crippen LogP contribution in [0.1, 0.15) is 73.9 Å². The number of benzene rings is 2. The normalized spacial score (nSPS) is 14.3. The van der Waals surface area contributed by atoms with Crippen LogP contribution in [0.15, 0.2) is 48.5 Å². The van der Waals surface area contributed by atoms with E-state index < -0.39 is 46.0 Å². The molecular weight excluding hydrogens is 609 g/mol. The number of aliphatic hydroxyl groups is 1. The number of amides is 1. The van der Waals surface area contributed by atoms with E-state index in [0.29, 0.717) is 0 Å². The molecule has 2 aromatic carbocycles. The van der Waals surface area contributed by atoms with Crippen LogP contribution in [0.5, 0.6) is 5.75 Å². The summed E-state index contributed by atoms with van der Waals surface area (Å²) >= 11 is 0. The number of alkyl halides is 9. The van der Waals surface area contributed by atoms with E-state index in [9.17, 15) is 52.7 Å². The number of halogens is 9. The first kappa shape index (κ1) is 37.0. The van der Waals surface area contributed by atoms with E-state index >= 15 is 0 Å². The van der Waals surface area contributed by atoms with E-state index in [-0.39, 0.29) is 23.1 Å². The molecule has 2 atom stereocenters. The van der Waals surface area contributed by atoms with E-state index in [2.05, 4.69) is 4.74 Å². The summed E-state index contributed by atoms with van der Waals surface area (Å²) in [7, 11) is -5.68. The summed E-state index contributed by atoms with van der Waals surface area (Å²) in [5.74, 6) is -1.04. The van der Waals surface area contributed by atoms with Gasteiger partial charge in [0.05, 0.1) is 0 Å². The van der Waals surface area contributed by atoms with Crippen LogP contribution in [0, 0.1) is 0 Å². The van der Waals surface area contributed by atoms with Gasteiger partial charge in [-0.2, -0.15) is 47.9 Å². The fourth-order valence-corrected chi connectivity index (χ4v) is 3.56. The Labute approximate surface area is 236 Å². The third kappa shape index (κ3) is 9.51. The molecule has 0 aromatic heterocycles. The fourth-order valence-electron chi connectivity index (χ4n) is 3.08. The second kappa shape index (κ2) is 14.0. The molecule has 0 heterocycles. The van der Waals surface area contributed by atoms with Crippen molar-refractivity contribution in [2.75, 3.05) is 6.61 Å². The van der Waals surface area contributed by atoms with Crippen LogP contribution < -0.4 is 9.46 Å². The molecule has 2 aromatic rings. The SMILES string of the molecule is CCC(C)c1ccc(C(=O)NS(=O)(=O)C(F)(F)F)cc1.CCC(C)c1ccc(OCC(O)(C(F)(F)F)C(F)(F)F)cc1. The van der Waals surface area contributed by atoms with Gasteiger partial charge in [0, 0.05) is 5.56 Å². The molecule has 0 saturated heterocycles. The quantitative estimate of drug-likeness (QED) is 0.283. The van der Waals surface area contributed by atoms with Crippen LogP contribution in [0.3, 0.4) is 0 Å². The van der Waals surface area contributed by atoms with Crippen LogP contribution in [0.25, 0.3) is 0 Å². The maximum atomic E-state index is 12.5. The predicted octanol–water partition coefficient (Wildman–Crippen LogP) is 7.21. The zero-order valence-electron chi connectivity index (χ0n) is 22.8. The highest BCUT2D eigenvalue weighted by atomic mass is 32.2. The number of carbonyl (C=O) groups excluding carboxylic acids is 1. The van der Waals surface area contributed by atoms with Crippen LogP contribution in [-0.4, -0.2) is 49.5 Å². The van der Waals surface area contributed by atoms with Gasteiger partial charge in [0.2, 0.25) is 0 Å². The topological polar surface area (TPSA) is 92.7 Å². The Bertz CT molecular complexity index is 1240. The Kier molecular flexibility index (Phi) is 12.3. The van der Waals surface area contributed by atoms with Crippen LogP contribution in [0.4, 0.5) is 39.5 Å². The van der Waals surface area contributed by atoms with Crippen LogP contribution >= 0.6 is 0 Å². The average Bonchev–Trinajstić information content (AvgIpc) is 2.89. The fraction of sp³-hybridized carbons (Fsp3) is 0.500. The zero-order chi connectivity index (χ0) is 32.7. The van der Waals surface area contributed by atoms with Gasteiger partial charge < -0.3 is 9.84 Å². The number of hydrogen-bond acceptors (Lipinski definition) is 5. The molecular formula is C26H30F9NO5S. The number of ether oxygens (including phenoxy) is 1. The van der Waals surface area contributed by atoms with Crippen LogP contribution in [-0.2, 0) is 10.0 Å². The maximum Gasteiger partial charge on any atom is 0.516 e. The van der Waals surface area contributed by atoms with Crippen molar-refractivity contribution in [1.82, 2.24) is 4.72 Å². The van der Waals surface area contributed by atoms with Crippen molar-refractivity contribution in [3.63, 3.8) is 0 Å². The maximum absolute atomic E-state index is 12.5. The molecule has 42 heavy (non-hydrogen) atoms. The summed E-state index contributed by atoms with van der Waals surface area (Å²) in [4.78, 5) is 11.5. The second-order valence-electron chi connectivity index (χ2n) is 9.33. The van der Waals surface area contributed by atoms with Crippen LogP contribution in [0.2, 0.25) is 0 Å². The summed E-state index contributed by atoms with van der Waals surface area (Å²) in [6, 6.07) is 11.4. The molecule has 6 nitrogen and oxygen atoms in total. The van der Waals surface area contributed by atoms with Gasteiger partial charge in [-0.1, -0.05) is 52.0 Å². The standard InChI is InChI=1S/C14H16F6O2.C12H14F3NO3S/c1-3-9(2)10-4-6-11(7-5-10)22-8-12(21,13(15,16)17)14(18,19)20;1-3-8(2)9-4-6-10(7-5-9)11(17)16-20(18,19)12(13,14)15/h4-7,9,21H,3,8H2,1-2H3;4-8H,3H2,1-2H3,(H,16,17). The van der Waals surface area contributed by atoms with Gasteiger partial charge in [-0.25, -0.2) is 4.72 Å². The summed E-state index contributed by atoms with van der Waals surface area (Å²) < 4.78 is 138. The number of sulfonamides is 1. The molecule has 2 N–H and O–H groups in total. The Morgan fingerprint density at radius 3 is 1.50 bits per heavy atom. The average molecular weight is 640 g/mol. The van der Waals surface area contributed by atoms with Crippen molar-refractivity contribution >= 4 is 15.9 Å². The largest absolute Gasteiger partial charge is 0.516 e. The Hall–Kier alpha value is -3.01. The zero-order valence-corrected chi connectivity index (χ0v) is 23.6. The minimum Gasteiger partial charge on any atom is -0.490 e.